The van der Waals surface area contributed by atoms with Crippen LogP contribution in [0.3, 0.4) is 0 Å². The lowest BCUT2D eigenvalue weighted by atomic mass is 9.81. The molecule has 0 saturated heterocycles. The highest BCUT2D eigenvalue weighted by molar-refractivity contribution is 5.75. The zero-order chi connectivity index (χ0) is 9.90. The first-order valence-electron chi connectivity index (χ1n) is 4.90. The minimum absolute atomic E-state index is 0.388. The summed E-state index contributed by atoms with van der Waals surface area (Å²) >= 11 is 0. The van der Waals surface area contributed by atoms with E-state index in [0.29, 0.717) is 18.8 Å². The highest BCUT2D eigenvalue weighted by Gasteiger charge is 2.43. The molecule has 1 rings (SSSR count). The molecule has 2 nitrogen and oxygen atoms in total. The predicted octanol–water partition coefficient (Wildman–Crippen LogP) is 2.63. The van der Waals surface area contributed by atoms with Gasteiger partial charge in [-0.05, 0) is 38.0 Å². The van der Waals surface area contributed by atoms with Crippen LogP contribution in [0.2, 0.25) is 0 Å². The molecule has 0 aromatic carbocycles. The molecule has 0 radical (unpaired) electrons. The number of carbonyl (C=O) groups is 1. The molecule has 76 valence electrons. The van der Waals surface area contributed by atoms with Gasteiger partial charge in [0.15, 0.2) is 0 Å². The Labute approximate surface area is 78.1 Å². The second kappa shape index (κ2) is 4.07. The number of alkyl halides is 1. The number of hydrogen-bond acceptors (Lipinski definition) is 1. The Hall–Kier alpha value is -0.600. The highest BCUT2D eigenvalue weighted by Crippen LogP contribution is 2.45. The van der Waals surface area contributed by atoms with E-state index in [0.717, 1.165) is 19.3 Å². The molecule has 1 N–H and O–H groups in total. The Morgan fingerprint density at radius 1 is 1.69 bits per heavy atom. The molecule has 0 aliphatic heterocycles. The third-order valence-electron chi connectivity index (χ3n) is 3.10. The average Bonchev–Trinajstić information content (AvgIpc) is 2.45. The van der Waals surface area contributed by atoms with Crippen molar-refractivity contribution in [2.75, 3.05) is 6.67 Å². The first-order valence-corrected chi connectivity index (χ1v) is 4.90. The Kier molecular flexibility index (Phi) is 3.28. The monoisotopic (exact) mass is 188 g/mol. The first-order chi connectivity index (χ1) is 6.10. The van der Waals surface area contributed by atoms with Gasteiger partial charge in [-0.15, -0.1) is 0 Å². The van der Waals surface area contributed by atoms with Crippen LogP contribution in [-0.2, 0) is 4.79 Å². The van der Waals surface area contributed by atoms with Crippen LogP contribution in [0.5, 0.6) is 0 Å². The average molecular weight is 188 g/mol. The quantitative estimate of drug-likeness (QED) is 0.736. The second-order valence-electron chi connectivity index (χ2n) is 4.23. The summed E-state index contributed by atoms with van der Waals surface area (Å²) in [6.07, 6.45) is 3.31. The Bertz CT molecular complexity index is 193. The van der Waals surface area contributed by atoms with Crippen molar-refractivity contribution in [2.24, 2.45) is 11.3 Å². The van der Waals surface area contributed by atoms with E-state index in [4.69, 9.17) is 5.11 Å². The van der Waals surface area contributed by atoms with Crippen LogP contribution in [0.25, 0.3) is 0 Å². The highest BCUT2D eigenvalue weighted by atomic mass is 19.1. The van der Waals surface area contributed by atoms with Crippen molar-refractivity contribution in [3.8, 4) is 0 Å². The standard InChI is InChI=1S/C10H17FO2/c1-8-3-5-10(7-8,9(12)13)4-2-6-11/h8H,2-7H2,1H3,(H,12,13). The second-order valence-corrected chi connectivity index (χ2v) is 4.23. The molecule has 1 saturated carbocycles. The lowest BCUT2D eigenvalue weighted by molar-refractivity contribution is -0.149. The fourth-order valence-electron chi connectivity index (χ4n) is 2.33. The van der Waals surface area contributed by atoms with Crippen LogP contribution in [0.1, 0.15) is 39.0 Å². The van der Waals surface area contributed by atoms with Gasteiger partial charge in [-0.2, -0.15) is 0 Å². The van der Waals surface area contributed by atoms with Gasteiger partial charge in [0.05, 0.1) is 12.1 Å². The van der Waals surface area contributed by atoms with Crippen molar-refractivity contribution in [1.82, 2.24) is 0 Å². The molecular weight excluding hydrogens is 171 g/mol. The van der Waals surface area contributed by atoms with Crippen molar-refractivity contribution in [1.29, 1.82) is 0 Å². The lowest BCUT2D eigenvalue weighted by Crippen LogP contribution is -2.28. The summed E-state index contributed by atoms with van der Waals surface area (Å²) in [7, 11) is 0. The van der Waals surface area contributed by atoms with Gasteiger partial charge < -0.3 is 5.11 Å². The third kappa shape index (κ3) is 2.20. The maximum absolute atomic E-state index is 12.0. The third-order valence-corrected chi connectivity index (χ3v) is 3.10. The van der Waals surface area contributed by atoms with E-state index in [2.05, 4.69) is 6.92 Å². The number of hydrogen-bond donors (Lipinski definition) is 1. The van der Waals surface area contributed by atoms with E-state index in [9.17, 15) is 9.18 Å². The normalized spacial score (nSPS) is 33.5. The molecule has 0 spiro atoms. The van der Waals surface area contributed by atoms with E-state index in [1.54, 1.807) is 0 Å². The number of halogens is 1. The molecular formula is C10H17FO2. The van der Waals surface area contributed by atoms with Gasteiger partial charge in [0, 0.05) is 0 Å². The van der Waals surface area contributed by atoms with Gasteiger partial charge in [0.1, 0.15) is 0 Å². The van der Waals surface area contributed by atoms with Crippen molar-refractivity contribution in [3.05, 3.63) is 0 Å². The summed E-state index contributed by atoms with van der Waals surface area (Å²) in [5.74, 6) is -0.249. The van der Waals surface area contributed by atoms with Gasteiger partial charge in [0.25, 0.3) is 0 Å². The molecule has 1 aliphatic rings. The molecule has 0 amide bonds. The Morgan fingerprint density at radius 3 is 2.77 bits per heavy atom. The summed E-state index contributed by atoms with van der Waals surface area (Å²) in [5, 5.41) is 9.09. The van der Waals surface area contributed by atoms with E-state index in [-0.39, 0.29) is 0 Å². The molecule has 0 aromatic heterocycles. The van der Waals surface area contributed by atoms with E-state index in [1.807, 2.05) is 0 Å². The molecule has 2 atom stereocenters. The number of rotatable bonds is 4. The van der Waals surface area contributed by atoms with Crippen LogP contribution in [0.15, 0.2) is 0 Å². The molecule has 1 aliphatic carbocycles. The molecule has 2 unspecified atom stereocenters. The topological polar surface area (TPSA) is 37.3 Å². The summed E-state index contributed by atoms with van der Waals surface area (Å²) in [6, 6.07) is 0. The van der Waals surface area contributed by atoms with Gasteiger partial charge in [0.2, 0.25) is 0 Å². The molecule has 0 aromatic rings. The predicted molar refractivity (Wildman–Crippen MR) is 48.3 cm³/mol. The SMILES string of the molecule is CC1CCC(CCCF)(C(=O)O)C1. The summed E-state index contributed by atoms with van der Waals surface area (Å²) in [6.45, 7) is 1.67. The molecule has 0 heterocycles. The number of aliphatic carboxylic acids is 1. The maximum Gasteiger partial charge on any atom is 0.309 e. The lowest BCUT2D eigenvalue weighted by Gasteiger charge is -2.23. The molecule has 1 fully saturated rings. The van der Waals surface area contributed by atoms with Crippen LogP contribution < -0.4 is 0 Å². The van der Waals surface area contributed by atoms with E-state index >= 15 is 0 Å². The zero-order valence-electron chi connectivity index (χ0n) is 8.05. The van der Waals surface area contributed by atoms with Crippen molar-refractivity contribution in [2.45, 2.75) is 39.0 Å². The molecule has 3 heteroatoms. The Morgan fingerprint density at radius 2 is 2.38 bits per heavy atom. The number of carboxylic acid groups (broad SMARTS) is 1. The zero-order valence-corrected chi connectivity index (χ0v) is 8.05. The summed E-state index contributed by atoms with van der Waals surface area (Å²) in [4.78, 5) is 11.1. The van der Waals surface area contributed by atoms with Gasteiger partial charge in [-0.25, -0.2) is 0 Å². The van der Waals surface area contributed by atoms with E-state index in [1.165, 1.54) is 0 Å². The van der Waals surface area contributed by atoms with Crippen LogP contribution in [-0.4, -0.2) is 17.8 Å². The first kappa shape index (κ1) is 10.5. The van der Waals surface area contributed by atoms with Crippen LogP contribution in [0.4, 0.5) is 4.39 Å². The maximum atomic E-state index is 12.0. The Balaban J connectivity index is 2.60. The van der Waals surface area contributed by atoms with Crippen molar-refractivity contribution in [3.63, 3.8) is 0 Å². The molecule has 0 bridgehead atoms. The largest absolute Gasteiger partial charge is 0.481 e. The fourth-order valence-corrected chi connectivity index (χ4v) is 2.33. The van der Waals surface area contributed by atoms with E-state index < -0.39 is 18.1 Å². The van der Waals surface area contributed by atoms with Crippen LogP contribution in [0, 0.1) is 11.3 Å². The number of carboxylic acids is 1. The van der Waals surface area contributed by atoms with Crippen molar-refractivity contribution >= 4 is 5.97 Å². The summed E-state index contributed by atoms with van der Waals surface area (Å²) in [5.41, 5.74) is -0.606. The fraction of sp³-hybridized carbons (Fsp3) is 0.900. The van der Waals surface area contributed by atoms with Gasteiger partial charge in [-0.3, -0.25) is 9.18 Å². The van der Waals surface area contributed by atoms with Crippen LogP contribution >= 0.6 is 0 Å². The minimum atomic E-state index is -0.731. The summed E-state index contributed by atoms with van der Waals surface area (Å²) < 4.78 is 12.0. The van der Waals surface area contributed by atoms with Crippen molar-refractivity contribution < 1.29 is 14.3 Å². The van der Waals surface area contributed by atoms with Gasteiger partial charge >= 0.3 is 5.97 Å². The smallest absolute Gasteiger partial charge is 0.309 e. The van der Waals surface area contributed by atoms with Gasteiger partial charge in [-0.1, -0.05) is 6.92 Å². The molecule has 13 heavy (non-hydrogen) atoms. The minimum Gasteiger partial charge on any atom is -0.481 e.